The minimum absolute atomic E-state index is 0.0958. The van der Waals surface area contributed by atoms with Crippen LogP contribution in [0.2, 0.25) is 0 Å². The second-order valence-corrected chi connectivity index (χ2v) is 6.17. The molecule has 0 atom stereocenters. The lowest BCUT2D eigenvalue weighted by atomic mass is 10.2. The molecule has 0 fully saturated rings. The molecule has 0 bridgehead atoms. The number of carbonyl (C=O) groups is 2. The summed E-state index contributed by atoms with van der Waals surface area (Å²) < 4.78 is 26.0. The number of thiophene rings is 1. The monoisotopic (exact) mass is 358 g/mol. The molecule has 126 valence electrons. The van der Waals surface area contributed by atoms with Gasteiger partial charge in [0, 0.05) is 10.4 Å². The number of amides is 2. The highest BCUT2D eigenvalue weighted by Gasteiger charge is 2.12. The first-order chi connectivity index (χ1) is 12.0. The zero-order valence-electron chi connectivity index (χ0n) is 12.8. The maximum atomic E-state index is 13.1. The quantitative estimate of drug-likeness (QED) is 0.700. The molecule has 7 heteroatoms. The number of hydrogen-bond donors (Lipinski definition) is 2. The van der Waals surface area contributed by atoms with Gasteiger partial charge in [0.15, 0.2) is 0 Å². The van der Waals surface area contributed by atoms with Crippen molar-refractivity contribution in [2.45, 2.75) is 0 Å². The van der Waals surface area contributed by atoms with Crippen molar-refractivity contribution in [1.29, 1.82) is 0 Å². The summed E-state index contributed by atoms with van der Waals surface area (Å²) in [6.07, 6.45) is 0. The lowest BCUT2D eigenvalue weighted by molar-refractivity contribution is 0.0848. The summed E-state index contributed by atoms with van der Waals surface area (Å²) in [7, 11) is 0. The maximum Gasteiger partial charge on any atom is 0.279 e. The largest absolute Gasteiger partial charge is 0.279 e. The number of halogens is 2. The molecule has 0 aliphatic heterocycles. The molecule has 0 aliphatic rings. The summed E-state index contributed by atoms with van der Waals surface area (Å²) in [4.78, 5) is 25.1. The van der Waals surface area contributed by atoms with Crippen LogP contribution >= 0.6 is 11.3 Å². The zero-order chi connectivity index (χ0) is 17.8. The molecule has 2 N–H and O–H groups in total. The molecule has 1 heterocycles. The van der Waals surface area contributed by atoms with Crippen molar-refractivity contribution in [2.24, 2.45) is 0 Å². The van der Waals surface area contributed by atoms with Gasteiger partial charge in [0.05, 0.1) is 4.88 Å². The van der Waals surface area contributed by atoms with E-state index in [4.69, 9.17) is 0 Å². The van der Waals surface area contributed by atoms with Crippen LogP contribution in [-0.4, -0.2) is 11.8 Å². The fourth-order valence-corrected chi connectivity index (χ4v) is 3.01. The Kier molecular flexibility index (Phi) is 4.85. The predicted octanol–water partition coefficient (Wildman–Crippen LogP) is 3.77. The van der Waals surface area contributed by atoms with Gasteiger partial charge in [-0.25, -0.2) is 8.78 Å². The van der Waals surface area contributed by atoms with Gasteiger partial charge in [-0.05, 0) is 48.0 Å². The minimum Gasteiger partial charge on any atom is -0.267 e. The summed E-state index contributed by atoms with van der Waals surface area (Å²) >= 11 is 1.20. The lowest BCUT2D eigenvalue weighted by Crippen LogP contribution is -2.41. The van der Waals surface area contributed by atoms with Gasteiger partial charge < -0.3 is 0 Å². The Balaban J connectivity index is 1.64. The summed E-state index contributed by atoms with van der Waals surface area (Å²) in [5.41, 5.74) is 5.40. The molecule has 0 aliphatic carbocycles. The Morgan fingerprint density at radius 2 is 1.52 bits per heavy atom. The fourth-order valence-electron chi connectivity index (χ4n) is 2.11. The van der Waals surface area contributed by atoms with Crippen molar-refractivity contribution in [1.82, 2.24) is 10.9 Å². The van der Waals surface area contributed by atoms with E-state index < -0.39 is 17.6 Å². The molecule has 2 amide bonds. The topological polar surface area (TPSA) is 58.2 Å². The van der Waals surface area contributed by atoms with Gasteiger partial charge in [-0.3, -0.25) is 20.4 Å². The van der Waals surface area contributed by atoms with Gasteiger partial charge in [0.2, 0.25) is 0 Å². The van der Waals surface area contributed by atoms with Gasteiger partial charge in [-0.1, -0.05) is 18.2 Å². The van der Waals surface area contributed by atoms with Crippen LogP contribution in [0, 0.1) is 11.6 Å². The van der Waals surface area contributed by atoms with E-state index in [2.05, 4.69) is 10.9 Å². The third-order valence-electron chi connectivity index (χ3n) is 3.33. The number of hydrazine groups is 1. The van der Waals surface area contributed by atoms with Crippen LogP contribution in [0.5, 0.6) is 0 Å². The van der Waals surface area contributed by atoms with Gasteiger partial charge in [0.1, 0.15) is 11.6 Å². The molecule has 3 rings (SSSR count). The minimum atomic E-state index is -0.622. The summed E-state index contributed by atoms with van der Waals surface area (Å²) in [6, 6.07) is 14.4. The van der Waals surface area contributed by atoms with E-state index in [0.717, 1.165) is 16.5 Å². The van der Waals surface area contributed by atoms with Crippen LogP contribution in [0.15, 0.2) is 60.7 Å². The van der Waals surface area contributed by atoms with Crippen LogP contribution in [0.3, 0.4) is 0 Å². The van der Waals surface area contributed by atoms with Gasteiger partial charge in [-0.15, -0.1) is 11.3 Å². The van der Waals surface area contributed by atoms with E-state index >= 15 is 0 Å². The summed E-state index contributed by atoms with van der Waals surface area (Å²) in [5.74, 6) is -1.99. The molecule has 2 aromatic carbocycles. The van der Waals surface area contributed by atoms with E-state index in [1.165, 1.54) is 41.7 Å². The van der Waals surface area contributed by atoms with Gasteiger partial charge in [0.25, 0.3) is 11.8 Å². The van der Waals surface area contributed by atoms with Crippen LogP contribution in [0.25, 0.3) is 10.4 Å². The lowest BCUT2D eigenvalue weighted by Gasteiger charge is -2.06. The third kappa shape index (κ3) is 4.07. The van der Waals surface area contributed by atoms with Crippen molar-refractivity contribution in [3.63, 3.8) is 0 Å². The molecule has 0 radical (unpaired) electrons. The van der Waals surface area contributed by atoms with Crippen LogP contribution in [0.4, 0.5) is 8.78 Å². The number of carbonyl (C=O) groups excluding carboxylic acids is 2. The molecule has 0 saturated heterocycles. The SMILES string of the molecule is O=C(NNC(=O)c1ccc(-c2ccc(F)cc2)s1)c1cccc(F)c1. The van der Waals surface area contributed by atoms with Crippen LogP contribution < -0.4 is 10.9 Å². The standard InChI is InChI=1S/C18H12F2N2O2S/c19-13-6-4-11(5-7-13)15-8-9-16(25-15)18(24)22-21-17(23)12-2-1-3-14(20)10-12/h1-10H,(H,21,23)(H,22,24). The smallest absolute Gasteiger partial charge is 0.267 e. The molecular formula is C18H12F2N2O2S. The van der Waals surface area contributed by atoms with E-state index in [-0.39, 0.29) is 11.4 Å². The highest BCUT2D eigenvalue weighted by atomic mass is 32.1. The summed E-state index contributed by atoms with van der Waals surface area (Å²) in [5, 5.41) is 0. The van der Waals surface area contributed by atoms with Crippen molar-refractivity contribution in [3.05, 3.63) is 82.7 Å². The first kappa shape index (κ1) is 16.8. The normalized spacial score (nSPS) is 10.3. The predicted molar refractivity (Wildman–Crippen MR) is 91.0 cm³/mol. The van der Waals surface area contributed by atoms with E-state index in [9.17, 15) is 18.4 Å². The Morgan fingerprint density at radius 1 is 0.800 bits per heavy atom. The molecule has 1 aromatic heterocycles. The molecular weight excluding hydrogens is 346 g/mol. The molecule has 0 saturated carbocycles. The van der Waals surface area contributed by atoms with E-state index in [1.54, 1.807) is 24.3 Å². The number of nitrogens with one attached hydrogen (secondary N) is 2. The second-order valence-electron chi connectivity index (χ2n) is 5.09. The first-order valence-corrected chi connectivity index (χ1v) is 8.06. The molecule has 25 heavy (non-hydrogen) atoms. The Bertz CT molecular complexity index is 923. The highest BCUT2D eigenvalue weighted by molar-refractivity contribution is 7.17. The molecule has 0 unspecified atom stereocenters. The van der Waals surface area contributed by atoms with Crippen molar-refractivity contribution in [3.8, 4) is 10.4 Å². The Labute approximate surface area is 146 Å². The maximum absolute atomic E-state index is 13.1. The van der Waals surface area contributed by atoms with Crippen LogP contribution in [-0.2, 0) is 0 Å². The Hall–Kier alpha value is -3.06. The van der Waals surface area contributed by atoms with Gasteiger partial charge in [-0.2, -0.15) is 0 Å². The first-order valence-electron chi connectivity index (χ1n) is 7.25. The Morgan fingerprint density at radius 3 is 2.24 bits per heavy atom. The van der Waals surface area contributed by atoms with E-state index in [0.29, 0.717) is 4.88 Å². The molecule has 0 spiro atoms. The fraction of sp³-hybridized carbons (Fsp3) is 0. The summed E-state index contributed by atoms with van der Waals surface area (Å²) in [6.45, 7) is 0. The average Bonchev–Trinajstić information content (AvgIpc) is 3.10. The third-order valence-corrected chi connectivity index (χ3v) is 4.47. The average molecular weight is 358 g/mol. The highest BCUT2D eigenvalue weighted by Crippen LogP contribution is 2.28. The van der Waals surface area contributed by atoms with Crippen LogP contribution in [0.1, 0.15) is 20.0 Å². The van der Waals surface area contributed by atoms with Crippen molar-refractivity contribution < 1.29 is 18.4 Å². The number of hydrogen-bond acceptors (Lipinski definition) is 3. The second kappa shape index (κ2) is 7.23. The van der Waals surface area contributed by atoms with E-state index in [1.807, 2.05) is 0 Å². The number of benzene rings is 2. The van der Waals surface area contributed by atoms with Gasteiger partial charge >= 0.3 is 0 Å². The van der Waals surface area contributed by atoms with Crippen molar-refractivity contribution in [2.75, 3.05) is 0 Å². The van der Waals surface area contributed by atoms with Crippen molar-refractivity contribution >= 4 is 23.2 Å². The zero-order valence-corrected chi connectivity index (χ0v) is 13.6. The number of rotatable bonds is 3. The molecule has 3 aromatic rings. The molecule has 4 nitrogen and oxygen atoms in total.